The van der Waals surface area contributed by atoms with E-state index in [4.69, 9.17) is 4.98 Å². The third-order valence-electron chi connectivity index (χ3n) is 5.95. The average Bonchev–Trinajstić information content (AvgIpc) is 3.28. The first-order valence-electron chi connectivity index (χ1n) is 9.31. The van der Waals surface area contributed by atoms with Gasteiger partial charge in [-0.1, -0.05) is 0 Å². The molecule has 138 valence electrons. The fourth-order valence-electron chi connectivity index (χ4n) is 3.93. The molecular weight excluding hydrogens is 358 g/mol. The van der Waals surface area contributed by atoms with Gasteiger partial charge in [0.25, 0.3) is 11.5 Å². The van der Waals surface area contributed by atoms with Crippen LogP contribution in [0.2, 0.25) is 0 Å². The van der Waals surface area contributed by atoms with Gasteiger partial charge in [0.05, 0.1) is 21.8 Å². The number of amides is 1. The fourth-order valence-corrected chi connectivity index (χ4v) is 5.10. The summed E-state index contributed by atoms with van der Waals surface area (Å²) in [6, 6.07) is 5.81. The van der Waals surface area contributed by atoms with Crippen LogP contribution in [0.1, 0.15) is 56.5 Å². The SMILES string of the molecule is Cc1c2c(n(C)c(=O)c1C)CN(C(=O)c1ccc3nc(C4CC4)sc3c1)C2. The van der Waals surface area contributed by atoms with E-state index in [2.05, 4.69) is 0 Å². The zero-order valence-corrected chi connectivity index (χ0v) is 16.5. The second-order valence-corrected chi connectivity index (χ2v) is 8.77. The van der Waals surface area contributed by atoms with Gasteiger partial charge >= 0.3 is 0 Å². The monoisotopic (exact) mass is 379 g/mol. The van der Waals surface area contributed by atoms with Crippen molar-refractivity contribution in [1.29, 1.82) is 0 Å². The maximum absolute atomic E-state index is 13.1. The Morgan fingerprint density at radius 3 is 2.70 bits per heavy atom. The predicted molar refractivity (Wildman–Crippen MR) is 106 cm³/mol. The van der Waals surface area contributed by atoms with E-state index >= 15 is 0 Å². The number of pyridine rings is 1. The largest absolute Gasteiger partial charge is 0.328 e. The summed E-state index contributed by atoms with van der Waals surface area (Å²) in [5.41, 5.74) is 5.54. The number of hydrogen-bond donors (Lipinski definition) is 0. The lowest BCUT2D eigenvalue weighted by molar-refractivity contribution is 0.0749. The van der Waals surface area contributed by atoms with Gasteiger partial charge in [-0.15, -0.1) is 11.3 Å². The second kappa shape index (κ2) is 5.76. The van der Waals surface area contributed by atoms with Gasteiger partial charge < -0.3 is 9.47 Å². The highest BCUT2D eigenvalue weighted by Gasteiger charge is 2.30. The Labute approximate surface area is 161 Å². The molecule has 1 fully saturated rings. The Bertz CT molecular complexity index is 1170. The van der Waals surface area contributed by atoms with Crippen molar-refractivity contribution < 1.29 is 4.79 Å². The van der Waals surface area contributed by atoms with Crippen molar-refractivity contribution in [3.05, 3.63) is 61.5 Å². The molecule has 5 nitrogen and oxygen atoms in total. The van der Waals surface area contributed by atoms with Crippen LogP contribution in [0.25, 0.3) is 10.2 Å². The number of carbonyl (C=O) groups is 1. The predicted octanol–water partition coefficient (Wildman–Crippen LogP) is 3.65. The van der Waals surface area contributed by atoms with Gasteiger partial charge in [0, 0.05) is 36.3 Å². The van der Waals surface area contributed by atoms with Crippen LogP contribution in [0.3, 0.4) is 0 Å². The van der Waals surface area contributed by atoms with Crippen molar-refractivity contribution in [3.63, 3.8) is 0 Å². The van der Waals surface area contributed by atoms with Gasteiger partial charge in [0.1, 0.15) is 0 Å². The lowest BCUT2D eigenvalue weighted by Gasteiger charge is -2.15. The molecule has 3 heterocycles. The molecule has 1 saturated carbocycles. The highest BCUT2D eigenvalue weighted by molar-refractivity contribution is 7.18. The van der Waals surface area contributed by atoms with E-state index in [1.165, 1.54) is 17.8 Å². The third kappa shape index (κ3) is 2.54. The lowest BCUT2D eigenvalue weighted by Crippen LogP contribution is -2.26. The van der Waals surface area contributed by atoms with E-state index in [9.17, 15) is 9.59 Å². The molecule has 5 rings (SSSR count). The summed E-state index contributed by atoms with van der Waals surface area (Å²) in [5, 5.41) is 1.20. The van der Waals surface area contributed by atoms with Gasteiger partial charge in [0.2, 0.25) is 0 Å². The van der Waals surface area contributed by atoms with Crippen LogP contribution < -0.4 is 5.56 Å². The molecule has 0 bridgehead atoms. The number of aromatic nitrogens is 2. The molecule has 1 aliphatic carbocycles. The number of hydrogen-bond acceptors (Lipinski definition) is 4. The summed E-state index contributed by atoms with van der Waals surface area (Å²) < 4.78 is 2.78. The number of rotatable bonds is 2. The standard InChI is InChI=1S/C21H21N3O2S/c1-11-12(2)20(25)23(3)17-10-24(9-15(11)17)21(26)14-6-7-16-18(8-14)27-19(22-16)13-4-5-13/h6-8,13H,4-5,9-10H2,1-3H3. The molecule has 6 heteroatoms. The molecule has 2 aliphatic rings. The summed E-state index contributed by atoms with van der Waals surface area (Å²) >= 11 is 1.71. The van der Waals surface area contributed by atoms with Crippen molar-refractivity contribution in [2.24, 2.45) is 7.05 Å². The lowest BCUT2D eigenvalue weighted by atomic mass is 10.0. The van der Waals surface area contributed by atoms with E-state index in [1.807, 2.05) is 36.9 Å². The van der Waals surface area contributed by atoms with E-state index < -0.39 is 0 Å². The first-order valence-corrected chi connectivity index (χ1v) is 10.1. The molecule has 1 amide bonds. The van der Waals surface area contributed by atoms with E-state index in [0.717, 1.165) is 32.6 Å². The number of benzene rings is 1. The van der Waals surface area contributed by atoms with Crippen molar-refractivity contribution in [2.45, 2.75) is 45.7 Å². The molecule has 0 saturated heterocycles. The molecule has 2 aromatic heterocycles. The Morgan fingerprint density at radius 1 is 1.19 bits per heavy atom. The van der Waals surface area contributed by atoms with Crippen molar-refractivity contribution in [3.8, 4) is 0 Å². The molecule has 0 radical (unpaired) electrons. The summed E-state index contributed by atoms with van der Waals surface area (Å²) in [5.74, 6) is 0.640. The zero-order chi connectivity index (χ0) is 18.9. The molecule has 0 spiro atoms. The van der Waals surface area contributed by atoms with Crippen molar-refractivity contribution >= 4 is 27.5 Å². The molecule has 0 atom stereocenters. The van der Waals surface area contributed by atoms with Crippen LogP contribution in [0.4, 0.5) is 0 Å². The van der Waals surface area contributed by atoms with Crippen LogP contribution >= 0.6 is 11.3 Å². The fraction of sp³-hybridized carbons (Fsp3) is 0.381. The minimum absolute atomic E-state index is 0.0129. The average molecular weight is 379 g/mol. The Kier molecular flexibility index (Phi) is 3.56. The van der Waals surface area contributed by atoms with E-state index in [-0.39, 0.29) is 11.5 Å². The summed E-state index contributed by atoms with van der Waals surface area (Å²) in [7, 11) is 1.80. The summed E-state index contributed by atoms with van der Waals surface area (Å²) in [6.45, 7) is 4.88. The molecule has 3 aromatic rings. The summed E-state index contributed by atoms with van der Waals surface area (Å²) in [6.07, 6.45) is 2.46. The van der Waals surface area contributed by atoms with Gasteiger partial charge in [-0.25, -0.2) is 4.98 Å². The van der Waals surface area contributed by atoms with Crippen LogP contribution in [0.5, 0.6) is 0 Å². The minimum Gasteiger partial charge on any atom is -0.328 e. The molecular formula is C21H21N3O2S. The smallest absolute Gasteiger partial charge is 0.254 e. The number of fused-ring (bicyclic) bond motifs is 2. The van der Waals surface area contributed by atoms with Crippen molar-refractivity contribution in [1.82, 2.24) is 14.5 Å². The summed E-state index contributed by atoms with van der Waals surface area (Å²) in [4.78, 5) is 32.0. The molecule has 0 N–H and O–H groups in total. The molecule has 1 aromatic carbocycles. The topological polar surface area (TPSA) is 55.2 Å². The number of carbonyl (C=O) groups excluding carboxylic acids is 1. The Balaban J connectivity index is 1.48. The van der Waals surface area contributed by atoms with E-state index in [1.54, 1.807) is 23.0 Å². The maximum Gasteiger partial charge on any atom is 0.254 e. The van der Waals surface area contributed by atoms with Crippen LogP contribution in [0.15, 0.2) is 23.0 Å². The van der Waals surface area contributed by atoms with Gasteiger partial charge in [-0.2, -0.15) is 0 Å². The molecule has 27 heavy (non-hydrogen) atoms. The first kappa shape index (κ1) is 16.7. The van der Waals surface area contributed by atoms with Gasteiger partial charge in [-0.3, -0.25) is 9.59 Å². The van der Waals surface area contributed by atoms with Gasteiger partial charge in [0.15, 0.2) is 0 Å². The Hall–Kier alpha value is -2.47. The Morgan fingerprint density at radius 2 is 1.96 bits per heavy atom. The zero-order valence-electron chi connectivity index (χ0n) is 15.7. The highest BCUT2D eigenvalue weighted by Crippen LogP contribution is 2.43. The number of thiazole rings is 1. The molecule has 1 aliphatic heterocycles. The third-order valence-corrected chi connectivity index (χ3v) is 7.13. The minimum atomic E-state index is 0.0129. The van der Waals surface area contributed by atoms with Gasteiger partial charge in [-0.05, 0) is 56.0 Å². The highest BCUT2D eigenvalue weighted by atomic mass is 32.1. The maximum atomic E-state index is 13.1. The quantitative estimate of drug-likeness (QED) is 0.683. The van der Waals surface area contributed by atoms with E-state index in [0.29, 0.717) is 24.6 Å². The first-order chi connectivity index (χ1) is 12.9. The normalized spacial score (nSPS) is 16.2. The number of nitrogens with zero attached hydrogens (tertiary/aromatic N) is 3. The second-order valence-electron chi connectivity index (χ2n) is 7.71. The van der Waals surface area contributed by atoms with Crippen molar-refractivity contribution in [2.75, 3.05) is 0 Å². The van der Waals surface area contributed by atoms with Crippen LogP contribution in [0, 0.1) is 13.8 Å². The van der Waals surface area contributed by atoms with Crippen LogP contribution in [-0.4, -0.2) is 20.4 Å². The van der Waals surface area contributed by atoms with Crippen LogP contribution in [-0.2, 0) is 20.1 Å². The molecule has 0 unspecified atom stereocenters.